The van der Waals surface area contributed by atoms with Crippen molar-refractivity contribution in [3.63, 3.8) is 0 Å². The van der Waals surface area contributed by atoms with E-state index in [1.165, 1.54) is 17.4 Å². The average molecular weight is 364 g/mol. The van der Waals surface area contributed by atoms with Gasteiger partial charge in [0, 0.05) is 6.07 Å². The van der Waals surface area contributed by atoms with Gasteiger partial charge in [0.05, 0.1) is 15.6 Å². The SMILES string of the molecule is Cc1cc(C)c2c(=O)cc(C(=O)Nc3nc4ccc(C)cc4s3)oc2c1. The molecule has 0 saturated carbocycles. The third kappa shape index (κ3) is 2.88. The van der Waals surface area contributed by atoms with Crippen LogP contribution in [0, 0.1) is 20.8 Å². The number of aryl methyl sites for hydroxylation is 3. The smallest absolute Gasteiger partial charge is 0.293 e. The fraction of sp³-hybridized carbons (Fsp3) is 0.150. The fourth-order valence-electron chi connectivity index (χ4n) is 3.02. The number of nitrogens with one attached hydrogen (secondary N) is 1. The molecule has 130 valence electrons. The van der Waals surface area contributed by atoms with Crippen molar-refractivity contribution < 1.29 is 9.21 Å². The maximum absolute atomic E-state index is 12.5. The van der Waals surface area contributed by atoms with E-state index in [9.17, 15) is 9.59 Å². The van der Waals surface area contributed by atoms with Crippen molar-refractivity contribution in [2.45, 2.75) is 20.8 Å². The van der Waals surface area contributed by atoms with Gasteiger partial charge >= 0.3 is 0 Å². The van der Waals surface area contributed by atoms with Gasteiger partial charge in [-0.3, -0.25) is 14.9 Å². The van der Waals surface area contributed by atoms with Gasteiger partial charge in [0.2, 0.25) is 0 Å². The highest BCUT2D eigenvalue weighted by molar-refractivity contribution is 7.22. The molecular formula is C20H16N2O3S. The monoisotopic (exact) mass is 364 g/mol. The number of aromatic nitrogens is 1. The topological polar surface area (TPSA) is 72.2 Å². The lowest BCUT2D eigenvalue weighted by Gasteiger charge is -2.05. The molecule has 26 heavy (non-hydrogen) atoms. The summed E-state index contributed by atoms with van der Waals surface area (Å²) >= 11 is 1.38. The molecule has 1 amide bonds. The van der Waals surface area contributed by atoms with Crippen molar-refractivity contribution in [2.75, 3.05) is 5.32 Å². The number of carbonyl (C=O) groups is 1. The molecule has 0 aliphatic carbocycles. The summed E-state index contributed by atoms with van der Waals surface area (Å²) in [4.78, 5) is 29.4. The second-order valence-corrected chi connectivity index (χ2v) is 7.40. The number of fused-ring (bicyclic) bond motifs is 2. The van der Waals surface area contributed by atoms with Crippen molar-refractivity contribution in [1.82, 2.24) is 4.98 Å². The molecule has 0 atom stereocenters. The summed E-state index contributed by atoms with van der Waals surface area (Å²) in [7, 11) is 0. The van der Waals surface area contributed by atoms with Gasteiger partial charge < -0.3 is 4.42 Å². The molecule has 0 spiro atoms. The molecular weight excluding hydrogens is 348 g/mol. The van der Waals surface area contributed by atoms with E-state index < -0.39 is 5.91 Å². The summed E-state index contributed by atoms with van der Waals surface area (Å²) in [5, 5.41) is 3.70. The lowest BCUT2D eigenvalue weighted by atomic mass is 10.1. The maximum atomic E-state index is 12.5. The first-order valence-electron chi connectivity index (χ1n) is 8.14. The van der Waals surface area contributed by atoms with Gasteiger partial charge in [-0.15, -0.1) is 0 Å². The normalized spacial score (nSPS) is 11.2. The van der Waals surface area contributed by atoms with Crippen LogP contribution in [-0.4, -0.2) is 10.9 Å². The van der Waals surface area contributed by atoms with Gasteiger partial charge in [-0.05, 0) is 55.7 Å². The molecule has 0 aliphatic heterocycles. The average Bonchev–Trinajstić information content (AvgIpc) is 2.94. The minimum atomic E-state index is -0.487. The molecule has 0 saturated heterocycles. The molecule has 0 unspecified atom stereocenters. The van der Waals surface area contributed by atoms with E-state index in [4.69, 9.17) is 4.42 Å². The standard InChI is InChI=1S/C20H16N2O3S/c1-10-4-5-13-17(8-10)26-20(21-13)22-19(24)16-9-14(23)18-12(3)6-11(2)7-15(18)25-16/h4-9H,1-3H3,(H,21,22,24). The predicted octanol–water partition coefficient (Wildman–Crippen LogP) is 4.58. The van der Waals surface area contributed by atoms with Crippen molar-refractivity contribution >= 4 is 43.6 Å². The molecule has 0 radical (unpaired) electrons. The van der Waals surface area contributed by atoms with Crippen molar-refractivity contribution in [2.24, 2.45) is 0 Å². The Morgan fingerprint density at radius 3 is 2.69 bits per heavy atom. The number of rotatable bonds is 2. The fourth-order valence-corrected chi connectivity index (χ4v) is 3.98. The minimum absolute atomic E-state index is 0.0251. The summed E-state index contributed by atoms with van der Waals surface area (Å²) in [6.07, 6.45) is 0. The molecule has 2 heterocycles. The van der Waals surface area contributed by atoms with Crippen LogP contribution in [0.3, 0.4) is 0 Å². The summed E-state index contributed by atoms with van der Waals surface area (Å²) in [5.41, 5.74) is 3.95. The summed E-state index contributed by atoms with van der Waals surface area (Å²) in [5.74, 6) is -0.512. The zero-order valence-corrected chi connectivity index (χ0v) is 15.4. The highest BCUT2D eigenvalue weighted by Crippen LogP contribution is 2.27. The van der Waals surface area contributed by atoms with Crippen LogP contribution in [-0.2, 0) is 0 Å². The van der Waals surface area contributed by atoms with Gasteiger partial charge in [0.25, 0.3) is 5.91 Å². The second-order valence-electron chi connectivity index (χ2n) is 6.37. The third-order valence-corrected chi connectivity index (χ3v) is 5.09. The van der Waals surface area contributed by atoms with E-state index in [1.54, 1.807) is 6.07 Å². The van der Waals surface area contributed by atoms with E-state index in [1.807, 2.05) is 45.0 Å². The van der Waals surface area contributed by atoms with Crippen molar-refractivity contribution in [3.8, 4) is 0 Å². The number of benzene rings is 2. The molecule has 6 heteroatoms. The summed E-state index contributed by atoms with van der Waals surface area (Å²) in [6.45, 7) is 5.78. The zero-order valence-electron chi connectivity index (χ0n) is 14.5. The molecule has 1 N–H and O–H groups in total. The van der Waals surface area contributed by atoms with E-state index in [2.05, 4.69) is 10.3 Å². The second kappa shape index (κ2) is 6.07. The zero-order chi connectivity index (χ0) is 18.4. The van der Waals surface area contributed by atoms with Crippen molar-refractivity contribution in [1.29, 1.82) is 0 Å². The van der Waals surface area contributed by atoms with E-state index in [0.717, 1.165) is 26.9 Å². The first-order chi connectivity index (χ1) is 12.4. The molecule has 5 nitrogen and oxygen atoms in total. The third-order valence-electron chi connectivity index (χ3n) is 4.16. The Balaban J connectivity index is 1.72. The molecule has 4 aromatic rings. The Labute approximate surface area is 153 Å². The van der Waals surface area contributed by atoms with E-state index >= 15 is 0 Å². The van der Waals surface area contributed by atoms with E-state index in [0.29, 0.717) is 16.1 Å². The van der Waals surface area contributed by atoms with Crippen LogP contribution in [0.2, 0.25) is 0 Å². The van der Waals surface area contributed by atoms with Crippen LogP contribution < -0.4 is 10.7 Å². The van der Waals surface area contributed by atoms with Gasteiger partial charge in [-0.2, -0.15) is 0 Å². The van der Waals surface area contributed by atoms with Crippen LogP contribution in [0.4, 0.5) is 5.13 Å². The molecule has 2 aromatic carbocycles. The number of amides is 1. The highest BCUT2D eigenvalue weighted by atomic mass is 32.1. The molecule has 4 rings (SSSR count). The number of hydrogen-bond donors (Lipinski definition) is 1. The number of thiazole rings is 1. The van der Waals surface area contributed by atoms with Crippen LogP contribution in [0.5, 0.6) is 0 Å². The quantitative estimate of drug-likeness (QED) is 0.565. The van der Waals surface area contributed by atoms with Gasteiger partial charge in [0.1, 0.15) is 5.58 Å². The lowest BCUT2D eigenvalue weighted by Crippen LogP contribution is -2.15. The Bertz CT molecular complexity index is 1240. The van der Waals surface area contributed by atoms with Gasteiger partial charge in [0.15, 0.2) is 16.3 Å². The van der Waals surface area contributed by atoms with Crippen LogP contribution >= 0.6 is 11.3 Å². The van der Waals surface area contributed by atoms with Crippen LogP contribution in [0.15, 0.2) is 45.6 Å². The Morgan fingerprint density at radius 2 is 1.88 bits per heavy atom. The van der Waals surface area contributed by atoms with Crippen molar-refractivity contribution in [3.05, 3.63) is 69.1 Å². The Kier molecular flexibility index (Phi) is 3.85. The Hall–Kier alpha value is -2.99. The Morgan fingerprint density at radius 1 is 1.08 bits per heavy atom. The molecule has 2 aromatic heterocycles. The predicted molar refractivity (Wildman–Crippen MR) is 104 cm³/mol. The van der Waals surface area contributed by atoms with Crippen LogP contribution in [0.25, 0.3) is 21.2 Å². The van der Waals surface area contributed by atoms with E-state index in [-0.39, 0.29) is 11.2 Å². The number of carbonyl (C=O) groups excluding carboxylic acids is 1. The summed E-state index contributed by atoms with van der Waals surface area (Å²) in [6, 6.07) is 10.8. The number of hydrogen-bond acceptors (Lipinski definition) is 5. The number of anilines is 1. The maximum Gasteiger partial charge on any atom is 0.293 e. The van der Waals surface area contributed by atoms with Crippen LogP contribution in [0.1, 0.15) is 27.2 Å². The first kappa shape index (κ1) is 16.5. The van der Waals surface area contributed by atoms with Gasteiger partial charge in [-0.25, -0.2) is 4.98 Å². The summed E-state index contributed by atoms with van der Waals surface area (Å²) < 4.78 is 6.69. The minimum Gasteiger partial charge on any atom is -0.451 e. The lowest BCUT2D eigenvalue weighted by molar-refractivity contribution is 0.0997. The van der Waals surface area contributed by atoms with Gasteiger partial charge in [-0.1, -0.05) is 23.5 Å². The molecule has 0 aliphatic rings. The first-order valence-corrected chi connectivity index (χ1v) is 8.96. The molecule has 0 bridgehead atoms. The largest absolute Gasteiger partial charge is 0.451 e. The number of nitrogens with zero attached hydrogens (tertiary/aromatic N) is 1. The highest BCUT2D eigenvalue weighted by Gasteiger charge is 2.16. The molecule has 0 fully saturated rings.